The van der Waals surface area contributed by atoms with Crippen molar-refractivity contribution < 1.29 is 4.79 Å². The Balaban J connectivity index is 1.33. The highest BCUT2D eigenvalue weighted by Gasteiger charge is 2.42. The summed E-state index contributed by atoms with van der Waals surface area (Å²) in [6.07, 6.45) is 8.42. The SMILES string of the molecule is O=C(NC1CCCCC1)C1CC1CCNc1ccccc1. The average Bonchev–Trinajstić information content (AvgIpc) is 3.29. The number of carbonyl (C=O) groups is 1. The summed E-state index contributed by atoms with van der Waals surface area (Å²) in [6, 6.07) is 10.7. The number of hydrogen-bond acceptors (Lipinski definition) is 2. The van der Waals surface area contributed by atoms with Crippen LogP contribution >= 0.6 is 0 Å². The van der Waals surface area contributed by atoms with Gasteiger partial charge in [-0.1, -0.05) is 37.5 Å². The molecule has 2 N–H and O–H groups in total. The minimum atomic E-state index is 0.282. The number of hydrogen-bond donors (Lipinski definition) is 2. The van der Waals surface area contributed by atoms with Gasteiger partial charge in [0.05, 0.1) is 0 Å². The Morgan fingerprint density at radius 2 is 1.86 bits per heavy atom. The topological polar surface area (TPSA) is 41.1 Å². The first-order valence-electron chi connectivity index (χ1n) is 8.42. The van der Waals surface area contributed by atoms with E-state index in [2.05, 4.69) is 22.8 Å². The Hall–Kier alpha value is -1.51. The van der Waals surface area contributed by atoms with Crippen molar-refractivity contribution in [1.82, 2.24) is 5.32 Å². The molecule has 0 heterocycles. The molecule has 3 rings (SSSR count). The predicted octanol–water partition coefficient (Wildman–Crippen LogP) is 3.57. The molecule has 0 aromatic heterocycles. The van der Waals surface area contributed by atoms with Gasteiger partial charge in [0.2, 0.25) is 5.91 Å². The van der Waals surface area contributed by atoms with Crippen LogP contribution in [0.3, 0.4) is 0 Å². The fourth-order valence-corrected chi connectivity index (χ4v) is 3.40. The molecule has 2 aliphatic rings. The maximum atomic E-state index is 12.2. The fraction of sp³-hybridized carbons (Fsp3) is 0.611. The van der Waals surface area contributed by atoms with E-state index in [1.54, 1.807) is 0 Å². The second-order valence-electron chi connectivity index (χ2n) is 6.53. The molecular weight excluding hydrogens is 260 g/mol. The molecule has 2 atom stereocenters. The zero-order valence-corrected chi connectivity index (χ0v) is 12.7. The van der Waals surface area contributed by atoms with Crippen LogP contribution in [0.2, 0.25) is 0 Å². The van der Waals surface area contributed by atoms with E-state index in [4.69, 9.17) is 0 Å². The van der Waals surface area contributed by atoms with Crippen LogP contribution in [0.5, 0.6) is 0 Å². The van der Waals surface area contributed by atoms with Gasteiger partial charge in [-0.2, -0.15) is 0 Å². The maximum absolute atomic E-state index is 12.2. The van der Waals surface area contributed by atoms with Crippen LogP contribution in [0.25, 0.3) is 0 Å². The van der Waals surface area contributed by atoms with Crippen molar-refractivity contribution in [2.24, 2.45) is 11.8 Å². The van der Waals surface area contributed by atoms with Gasteiger partial charge in [-0.05, 0) is 43.7 Å². The monoisotopic (exact) mass is 286 g/mol. The largest absolute Gasteiger partial charge is 0.385 e. The van der Waals surface area contributed by atoms with Crippen LogP contribution in [0.1, 0.15) is 44.9 Å². The van der Waals surface area contributed by atoms with Gasteiger partial charge in [0.25, 0.3) is 0 Å². The molecule has 0 bridgehead atoms. The fourth-order valence-electron chi connectivity index (χ4n) is 3.40. The number of amides is 1. The third kappa shape index (κ3) is 4.23. The summed E-state index contributed by atoms with van der Waals surface area (Å²) in [5, 5.41) is 6.68. The van der Waals surface area contributed by atoms with Crippen molar-refractivity contribution in [1.29, 1.82) is 0 Å². The Morgan fingerprint density at radius 1 is 1.10 bits per heavy atom. The average molecular weight is 286 g/mol. The van der Waals surface area contributed by atoms with Crippen LogP contribution in [0.4, 0.5) is 5.69 Å². The molecule has 0 spiro atoms. The molecule has 21 heavy (non-hydrogen) atoms. The van der Waals surface area contributed by atoms with Crippen molar-refractivity contribution >= 4 is 11.6 Å². The lowest BCUT2D eigenvalue weighted by Gasteiger charge is -2.22. The van der Waals surface area contributed by atoms with Crippen LogP contribution in [0, 0.1) is 11.8 Å². The summed E-state index contributed by atoms with van der Waals surface area (Å²) in [5.74, 6) is 1.18. The molecule has 1 aromatic rings. The van der Waals surface area contributed by atoms with Gasteiger partial charge in [0.15, 0.2) is 0 Å². The molecule has 2 unspecified atom stereocenters. The second kappa shape index (κ2) is 6.97. The lowest BCUT2D eigenvalue weighted by molar-refractivity contribution is -0.123. The molecular formula is C18H26N2O. The number of carbonyl (C=O) groups excluding carboxylic acids is 1. The van der Waals surface area contributed by atoms with Crippen molar-refractivity contribution in [2.75, 3.05) is 11.9 Å². The smallest absolute Gasteiger partial charge is 0.223 e. The number of anilines is 1. The van der Waals surface area contributed by atoms with Gasteiger partial charge in [0.1, 0.15) is 0 Å². The molecule has 114 valence electrons. The van der Waals surface area contributed by atoms with E-state index < -0.39 is 0 Å². The first-order chi connectivity index (χ1) is 10.3. The summed E-state index contributed by atoms with van der Waals surface area (Å²) < 4.78 is 0. The number of para-hydroxylation sites is 1. The van der Waals surface area contributed by atoms with Crippen LogP contribution in [-0.2, 0) is 4.79 Å². The van der Waals surface area contributed by atoms with Crippen LogP contribution < -0.4 is 10.6 Å². The lowest BCUT2D eigenvalue weighted by Crippen LogP contribution is -2.37. The molecule has 0 saturated heterocycles. The van der Waals surface area contributed by atoms with Crippen LogP contribution in [0.15, 0.2) is 30.3 Å². The number of rotatable bonds is 6. The zero-order valence-electron chi connectivity index (χ0n) is 12.7. The van der Waals surface area contributed by atoms with Crippen molar-refractivity contribution in [3.8, 4) is 0 Å². The van der Waals surface area contributed by atoms with Gasteiger partial charge in [-0.25, -0.2) is 0 Å². The molecule has 1 amide bonds. The third-order valence-electron chi connectivity index (χ3n) is 4.83. The summed E-state index contributed by atoms with van der Waals surface area (Å²) in [7, 11) is 0. The number of benzene rings is 1. The minimum Gasteiger partial charge on any atom is -0.385 e. The number of nitrogens with one attached hydrogen (secondary N) is 2. The highest BCUT2D eigenvalue weighted by atomic mass is 16.2. The van der Waals surface area contributed by atoms with E-state index in [1.807, 2.05) is 18.2 Å². The highest BCUT2D eigenvalue weighted by molar-refractivity contribution is 5.81. The van der Waals surface area contributed by atoms with E-state index >= 15 is 0 Å². The van der Waals surface area contributed by atoms with Crippen LogP contribution in [-0.4, -0.2) is 18.5 Å². The molecule has 2 fully saturated rings. The van der Waals surface area contributed by atoms with E-state index in [0.717, 1.165) is 19.4 Å². The standard InChI is InChI=1S/C18H26N2O/c21-18(20-16-9-5-2-6-10-16)17-13-14(17)11-12-19-15-7-3-1-4-8-15/h1,3-4,7-8,14,16-17,19H,2,5-6,9-13H2,(H,20,21). The van der Waals surface area contributed by atoms with E-state index in [-0.39, 0.29) is 5.92 Å². The zero-order chi connectivity index (χ0) is 14.5. The van der Waals surface area contributed by atoms with Gasteiger partial charge in [-0.15, -0.1) is 0 Å². The Morgan fingerprint density at radius 3 is 2.62 bits per heavy atom. The molecule has 1 aromatic carbocycles. The lowest BCUT2D eigenvalue weighted by atomic mass is 9.95. The molecule has 0 aliphatic heterocycles. The molecule has 2 aliphatic carbocycles. The van der Waals surface area contributed by atoms with E-state index in [9.17, 15) is 4.79 Å². The third-order valence-corrected chi connectivity index (χ3v) is 4.83. The van der Waals surface area contributed by atoms with Gasteiger partial charge in [-0.3, -0.25) is 4.79 Å². The van der Waals surface area contributed by atoms with E-state index in [0.29, 0.717) is 17.9 Å². The highest BCUT2D eigenvalue weighted by Crippen LogP contribution is 2.41. The predicted molar refractivity (Wildman–Crippen MR) is 86.2 cm³/mol. The Bertz CT molecular complexity index is 454. The van der Waals surface area contributed by atoms with Crippen molar-refractivity contribution in [3.05, 3.63) is 30.3 Å². The molecule has 3 nitrogen and oxygen atoms in total. The van der Waals surface area contributed by atoms with Gasteiger partial charge in [0, 0.05) is 24.2 Å². The first kappa shape index (κ1) is 14.4. The quantitative estimate of drug-likeness (QED) is 0.839. The summed E-state index contributed by atoms with van der Waals surface area (Å²) >= 11 is 0. The Kier molecular flexibility index (Phi) is 4.79. The minimum absolute atomic E-state index is 0.282. The first-order valence-corrected chi connectivity index (χ1v) is 8.42. The summed E-state index contributed by atoms with van der Waals surface area (Å²) in [4.78, 5) is 12.2. The summed E-state index contributed by atoms with van der Waals surface area (Å²) in [5.41, 5.74) is 1.17. The Labute approximate surface area is 127 Å². The van der Waals surface area contributed by atoms with Crippen molar-refractivity contribution in [3.63, 3.8) is 0 Å². The van der Waals surface area contributed by atoms with Gasteiger partial charge < -0.3 is 10.6 Å². The second-order valence-corrected chi connectivity index (χ2v) is 6.53. The van der Waals surface area contributed by atoms with Crippen molar-refractivity contribution in [2.45, 2.75) is 51.0 Å². The normalized spacial score (nSPS) is 25.3. The summed E-state index contributed by atoms with van der Waals surface area (Å²) in [6.45, 7) is 0.960. The van der Waals surface area contributed by atoms with Gasteiger partial charge >= 0.3 is 0 Å². The molecule has 0 radical (unpaired) electrons. The molecule has 2 saturated carbocycles. The molecule has 3 heteroatoms. The van der Waals surface area contributed by atoms with E-state index in [1.165, 1.54) is 37.8 Å². The maximum Gasteiger partial charge on any atom is 0.223 e.